The van der Waals surface area contributed by atoms with Gasteiger partial charge in [0.05, 0.1) is 13.1 Å². The van der Waals surface area contributed by atoms with Gasteiger partial charge in [-0.2, -0.15) is 0 Å². The molecule has 0 aliphatic rings. The van der Waals surface area contributed by atoms with Gasteiger partial charge in [0.25, 0.3) is 10.3 Å². The van der Waals surface area contributed by atoms with Crippen molar-refractivity contribution in [2.24, 2.45) is 10.2 Å². The molecular weight excluding hydrogens is 396 g/mol. The van der Waals surface area contributed by atoms with Crippen molar-refractivity contribution in [1.29, 1.82) is 0 Å². The summed E-state index contributed by atoms with van der Waals surface area (Å²) in [6, 6.07) is 19.1. The van der Waals surface area contributed by atoms with Crippen molar-refractivity contribution in [2.45, 2.75) is 13.1 Å². The molecule has 2 aromatic heterocycles. The summed E-state index contributed by atoms with van der Waals surface area (Å²) in [6.07, 6.45) is 0. The van der Waals surface area contributed by atoms with Crippen molar-refractivity contribution in [3.8, 4) is 0 Å². The molecule has 2 heterocycles. The first-order chi connectivity index (χ1) is 13.7. The molecule has 0 saturated heterocycles. The van der Waals surface area contributed by atoms with Gasteiger partial charge in [0.1, 0.15) is 0 Å². The summed E-state index contributed by atoms with van der Waals surface area (Å²) < 4.78 is 2.68. The first-order valence-corrected chi connectivity index (χ1v) is 9.96. The minimum atomic E-state index is -0.222. The van der Waals surface area contributed by atoms with Crippen LogP contribution < -0.4 is 9.75 Å². The summed E-state index contributed by atoms with van der Waals surface area (Å²) in [4.78, 5) is 23.7. The SMILES string of the molecule is O=c1sc(/N=N/c2nn(Cc3ccccc3)c(=O)s2)nn1Cc1ccccc1. The van der Waals surface area contributed by atoms with Crippen LogP contribution in [0.25, 0.3) is 0 Å². The van der Waals surface area contributed by atoms with Crippen molar-refractivity contribution < 1.29 is 0 Å². The van der Waals surface area contributed by atoms with Gasteiger partial charge in [0.15, 0.2) is 0 Å². The molecule has 0 N–H and O–H groups in total. The minimum absolute atomic E-state index is 0.221. The van der Waals surface area contributed by atoms with E-state index in [0.29, 0.717) is 13.1 Å². The number of azo groups is 1. The number of benzene rings is 2. The van der Waals surface area contributed by atoms with Crippen molar-refractivity contribution in [3.63, 3.8) is 0 Å². The Labute approximate surface area is 167 Å². The summed E-state index contributed by atoms with van der Waals surface area (Å²) in [5, 5.41) is 16.7. The number of hydrogen-bond acceptors (Lipinski definition) is 8. The molecule has 0 radical (unpaired) electrons. The van der Waals surface area contributed by atoms with Crippen LogP contribution >= 0.6 is 22.7 Å². The molecule has 4 aromatic rings. The highest BCUT2D eigenvalue weighted by Crippen LogP contribution is 2.18. The Balaban J connectivity index is 1.49. The van der Waals surface area contributed by atoms with Gasteiger partial charge in [-0.1, -0.05) is 60.7 Å². The van der Waals surface area contributed by atoms with Crippen LogP contribution in [0.1, 0.15) is 11.1 Å². The van der Waals surface area contributed by atoms with Crippen LogP contribution in [0, 0.1) is 0 Å². The third-order valence-corrected chi connectivity index (χ3v) is 5.23. The monoisotopic (exact) mass is 410 g/mol. The van der Waals surface area contributed by atoms with Gasteiger partial charge in [-0.25, -0.2) is 9.36 Å². The topological polar surface area (TPSA) is 94.5 Å². The van der Waals surface area contributed by atoms with Crippen LogP contribution in [-0.2, 0) is 13.1 Å². The maximum atomic E-state index is 12.1. The Morgan fingerprint density at radius 1 is 0.679 bits per heavy atom. The Morgan fingerprint density at radius 2 is 1.07 bits per heavy atom. The fourth-order valence-corrected chi connectivity index (χ4v) is 3.65. The molecule has 0 spiro atoms. The van der Waals surface area contributed by atoms with Crippen LogP contribution in [-0.4, -0.2) is 19.6 Å². The molecule has 8 nitrogen and oxygen atoms in total. The highest BCUT2D eigenvalue weighted by Gasteiger charge is 2.09. The molecule has 0 fully saturated rings. The zero-order valence-electron chi connectivity index (χ0n) is 14.5. The maximum Gasteiger partial charge on any atom is 0.327 e. The zero-order valence-corrected chi connectivity index (χ0v) is 16.1. The van der Waals surface area contributed by atoms with E-state index in [-0.39, 0.29) is 20.0 Å². The summed E-state index contributed by atoms with van der Waals surface area (Å²) >= 11 is 1.79. The van der Waals surface area contributed by atoms with Gasteiger partial charge in [-0.05, 0) is 33.8 Å². The third kappa shape index (κ3) is 4.35. The van der Waals surface area contributed by atoms with Crippen molar-refractivity contribution in [3.05, 3.63) is 91.1 Å². The highest BCUT2D eigenvalue weighted by molar-refractivity contribution is 7.13. The lowest BCUT2D eigenvalue weighted by Gasteiger charge is -1.98. The number of hydrogen-bond donors (Lipinski definition) is 0. The molecular formula is C18H14N6O2S2. The Morgan fingerprint density at radius 3 is 1.46 bits per heavy atom. The molecule has 0 saturated carbocycles. The second-order valence-electron chi connectivity index (χ2n) is 5.79. The molecule has 2 aromatic carbocycles. The predicted octanol–water partition coefficient (Wildman–Crippen LogP) is 3.44. The first kappa shape index (κ1) is 18.1. The van der Waals surface area contributed by atoms with Gasteiger partial charge >= 0.3 is 9.75 Å². The van der Waals surface area contributed by atoms with E-state index in [1.165, 1.54) is 9.36 Å². The van der Waals surface area contributed by atoms with E-state index in [1.54, 1.807) is 0 Å². The molecule has 28 heavy (non-hydrogen) atoms. The Kier molecular flexibility index (Phi) is 5.31. The lowest BCUT2D eigenvalue weighted by molar-refractivity contribution is 0.662. The average Bonchev–Trinajstić information content (AvgIpc) is 3.24. The summed E-state index contributed by atoms with van der Waals surface area (Å²) in [7, 11) is 0. The fourth-order valence-electron chi connectivity index (χ4n) is 2.47. The standard InChI is InChI=1S/C18H14N6O2S2/c25-17-23(11-13-7-3-1-4-8-13)21-15(27-17)19-20-16-22-24(18(26)28-16)12-14-9-5-2-6-10-14/h1-10H,11-12H2/b20-19+. The van der Waals surface area contributed by atoms with Crippen molar-refractivity contribution in [2.75, 3.05) is 0 Å². The Hall–Kier alpha value is -3.24. The van der Waals surface area contributed by atoms with Crippen LogP contribution in [0.4, 0.5) is 10.3 Å². The van der Waals surface area contributed by atoms with Gasteiger partial charge in [0, 0.05) is 0 Å². The van der Waals surface area contributed by atoms with Crippen LogP contribution in [0.5, 0.6) is 0 Å². The van der Waals surface area contributed by atoms with E-state index >= 15 is 0 Å². The highest BCUT2D eigenvalue weighted by atomic mass is 32.1. The smallest absolute Gasteiger partial charge is 0.255 e. The molecule has 0 unspecified atom stereocenters. The number of aromatic nitrogens is 4. The average molecular weight is 410 g/mol. The van der Waals surface area contributed by atoms with E-state index in [4.69, 9.17) is 0 Å². The van der Waals surface area contributed by atoms with Crippen molar-refractivity contribution in [1.82, 2.24) is 19.6 Å². The molecule has 0 bridgehead atoms. The molecule has 0 amide bonds. The molecule has 0 atom stereocenters. The Bertz CT molecular complexity index is 1110. The predicted molar refractivity (Wildman–Crippen MR) is 108 cm³/mol. The van der Waals surface area contributed by atoms with E-state index in [1.807, 2.05) is 60.7 Å². The quantitative estimate of drug-likeness (QED) is 0.455. The molecule has 0 aliphatic heterocycles. The third-order valence-electron chi connectivity index (χ3n) is 3.76. The fraction of sp³-hybridized carbons (Fsp3) is 0.111. The summed E-state index contributed by atoms with van der Waals surface area (Å²) in [6.45, 7) is 0.732. The number of rotatable bonds is 6. The zero-order chi connectivity index (χ0) is 19.3. The van der Waals surface area contributed by atoms with E-state index < -0.39 is 0 Å². The van der Waals surface area contributed by atoms with Crippen LogP contribution in [0.3, 0.4) is 0 Å². The van der Waals surface area contributed by atoms with E-state index in [9.17, 15) is 9.59 Å². The van der Waals surface area contributed by atoms with Gasteiger partial charge in [-0.3, -0.25) is 9.59 Å². The van der Waals surface area contributed by atoms with Crippen molar-refractivity contribution >= 4 is 32.9 Å². The summed E-state index contributed by atoms with van der Waals surface area (Å²) in [5.74, 6) is 0. The lowest BCUT2D eigenvalue weighted by Crippen LogP contribution is -2.15. The van der Waals surface area contributed by atoms with Gasteiger partial charge in [0.2, 0.25) is 0 Å². The van der Waals surface area contributed by atoms with E-state index in [0.717, 1.165) is 33.8 Å². The number of nitrogens with zero attached hydrogens (tertiary/aromatic N) is 6. The van der Waals surface area contributed by atoms with Crippen LogP contribution in [0.2, 0.25) is 0 Å². The lowest BCUT2D eigenvalue weighted by atomic mass is 10.2. The molecule has 0 aliphatic carbocycles. The minimum Gasteiger partial charge on any atom is -0.255 e. The second-order valence-corrected chi connectivity index (χ2v) is 7.62. The molecule has 140 valence electrons. The van der Waals surface area contributed by atoms with E-state index in [2.05, 4.69) is 20.4 Å². The second kappa shape index (κ2) is 8.19. The first-order valence-electron chi connectivity index (χ1n) is 8.33. The normalized spacial score (nSPS) is 11.3. The maximum absolute atomic E-state index is 12.1. The van der Waals surface area contributed by atoms with Crippen LogP contribution in [0.15, 0.2) is 80.5 Å². The molecule has 10 heteroatoms. The summed E-state index contributed by atoms with van der Waals surface area (Å²) in [5.41, 5.74) is 1.94. The van der Waals surface area contributed by atoms with Gasteiger partial charge < -0.3 is 0 Å². The molecule has 4 rings (SSSR count). The largest absolute Gasteiger partial charge is 0.327 e. The van der Waals surface area contributed by atoms with Gasteiger partial charge in [-0.15, -0.1) is 20.4 Å².